The number of aromatic carboxylic acids is 1. The van der Waals surface area contributed by atoms with Gasteiger partial charge in [-0.15, -0.1) is 0 Å². The fraction of sp³-hybridized carbons (Fsp3) is 0.298. The Bertz CT molecular complexity index is 3400. The van der Waals surface area contributed by atoms with E-state index in [9.17, 15) is 23.5 Å². The molecule has 4 N–H and O–H groups in total. The Labute approximate surface area is 453 Å². The third kappa shape index (κ3) is 11.2. The van der Waals surface area contributed by atoms with Crippen LogP contribution >= 0.6 is 23.2 Å². The lowest BCUT2D eigenvalue weighted by atomic mass is 10.00. The number of hydrogen-bond donors (Lipinski definition) is 3. The van der Waals surface area contributed by atoms with Crippen LogP contribution in [0.5, 0.6) is 11.5 Å². The number of halogens is 5. The zero-order valence-electron chi connectivity index (χ0n) is 41.6. The van der Waals surface area contributed by atoms with Gasteiger partial charge >= 0.3 is 5.97 Å². The molecule has 20 heteroatoms. The molecule has 404 valence electrons. The maximum Gasteiger partial charge on any atom is 0.339 e. The predicted octanol–water partition coefficient (Wildman–Crippen LogP) is 11.1. The van der Waals surface area contributed by atoms with Gasteiger partial charge in [0.25, 0.3) is 5.91 Å². The zero-order valence-corrected chi connectivity index (χ0v) is 43.1. The molecule has 0 radical (unpaired) electrons. The first-order valence-electron chi connectivity index (χ1n) is 24.7. The molecule has 0 unspecified atom stereocenters. The smallest absolute Gasteiger partial charge is 0.339 e. The van der Waals surface area contributed by atoms with E-state index in [-0.39, 0.29) is 46.3 Å². The number of nitrogens with one attached hydrogen (secondary N) is 1. The topological polar surface area (TPSA) is 170 Å². The van der Waals surface area contributed by atoms with Gasteiger partial charge in [-0.05, 0) is 74.5 Å². The van der Waals surface area contributed by atoms with Crippen molar-refractivity contribution in [1.82, 2.24) is 24.5 Å². The summed E-state index contributed by atoms with van der Waals surface area (Å²) in [5.41, 5.74) is 12.8. The second-order valence-electron chi connectivity index (χ2n) is 18.3. The summed E-state index contributed by atoms with van der Waals surface area (Å²) < 4.78 is 54.9. The number of hydrogen-bond acceptors (Lipinski definition) is 11. The van der Waals surface area contributed by atoms with Gasteiger partial charge in [0.15, 0.2) is 0 Å². The summed E-state index contributed by atoms with van der Waals surface area (Å²) in [5, 5.41) is 22.8. The van der Waals surface area contributed by atoms with Crippen molar-refractivity contribution in [3.63, 3.8) is 0 Å². The number of benzene rings is 4. The summed E-state index contributed by atoms with van der Waals surface area (Å²) >= 11 is 12.7. The van der Waals surface area contributed by atoms with E-state index in [0.29, 0.717) is 127 Å². The van der Waals surface area contributed by atoms with E-state index in [0.717, 1.165) is 35.7 Å². The van der Waals surface area contributed by atoms with Crippen LogP contribution in [0.25, 0.3) is 33.3 Å². The van der Waals surface area contributed by atoms with Crippen molar-refractivity contribution in [2.45, 2.75) is 46.2 Å². The van der Waals surface area contributed by atoms with Crippen molar-refractivity contribution in [2.24, 2.45) is 5.73 Å². The first-order chi connectivity index (χ1) is 36.4. The Hall–Kier alpha value is -7.35. The van der Waals surface area contributed by atoms with E-state index in [4.69, 9.17) is 53.0 Å². The molecule has 2 saturated heterocycles. The third-order valence-corrected chi connectivity index (χ3v) is 14.3. The van der Waals surface area contributed by atoms with Crippen LogP contribution in [0.2, 0.25) is 10.0 Å². The van der Waals surface area contributed by atoms with Crippen LogP contribution < -0.4 is 30.3 Å². The summed E-state index contributed by atoms with van der Waals surface area (Å²) in [7, 11) is 0. The number of amides is 1. The average Bonchev–Trinajstić information content (AvgIpc) is 3.96. The third-order valence-electron chi connectivity index (χ3n) is 13.7. The molecule has 12 rings (SSSR count). The summed E-state index contributed by atoms with van der Waals surface area (Å²) in [4.78, 5) is 29.6. The number of ether oxygens (including phenoxy) is 4. The second kappa shape index (κ2) is 24.3. The number of carbonyl (C=O) groups excluding carboxylic acids is 1. The number of rotatable bonds is 7. The summed E-state index contributed by atoms with van der Waals surface area (Å²) in [6.45, 7) is 9.25. The molecule has 15 nitrogen and oxygen atoms in total. The van der Waals surface area contributed by atoms with Gasteiger partial charge in [0.1, 0.15) is 40.3 Å². The second-order valence-corrected chi connectivity index (χ2v) is 19.2. The first-order valence-corrected chi connectivity index (χ1v) is 25.5. The monoisotopic (exact) mass is 1090 g/mol. The number of anilines is 2. The van der Waals surface area contributed by atoms with Crippen LogP contribution in [0.4, 0.5) is 25.1 Å². The van der Waals surface area contributed by atoms with Crippen LogP contribution in [0, 0.1) is 25.5 Å². The highest BCUT2D eigenvalue weighted by Crippen LogP contribution is 2.41. The maximum absolute atomic E-state index is 14.9. The Kier molecular flexibility index (Phi) is 17.6. The SMILES string of the molecule is C.Cc1nn2c(N3CCOCC3)c(C(=O)N[C@H]3CCOc4ccccc43)ccc2c1-c1c(F)cccc1Cl.Cc1nn2c(N3CCOCC3)c(C(=O)O)ccc2c1-c1c(F)cccc1Cl.F.N[C@H]1CCOc2ccccc21. The van der Waals surface area contributed by atoms with Crippen molar-refractivity contribution in [1.29, 1.82) is 0 Å². The van der Waals surface area contributed by atoms with Crippen LogP contribution in [-0.2, 0) is 9.47 Å². The largest absolute Gasteiger partial charge is 0.493 e. The standard InChI is InChI=1S/C28H26ClFN4O3.C19H17ClFN3O3.C9H11NO.CH4.FH/c1-17-25(26-20(29)6-4-7-21(26)30)23-10-9-19(28(34(23)32-17)33-12-15-36-16-13-33)27(35)31-22-11-14-37-24-8-3-2-5-18(22)24;1-11-16(17-13(20)3-2-4-14(17)21)15-6-5-12(19(25)26)18(24(15)22-11)23-7-9-27-10-8-23;10-8-5-6-11-9-4-2-1-3-7(8)9;;/h2-10,22H,11-16H2,1H3,(H,31,35);2-6H,7-10H2,1H3,(H,25,26);1-4,8H,5-6,10H2;1H4;1H/t22-;;8-;;/m0.0../s1. The highest BCUT2D eigenvalue weighted by atomic mass is 35.5. The highest BCUT2D eigenvalue weighted by molar-refractivity contribution is 6.34. The number of pyridine rings is 2. The lowest BCUT2D eigenvalue weighted by molar-refractivity contribution is 0.0695. The van der Waals surface area contributed by atoms with Crippen LogP contribution in [0.1, 0.15) is 75.6 Å². The van der Waals surface area contributed by atoms with Crippen molar-refractivity contribution in [3.8, 4) is 33.8 Å². The number of carboxylic acid groups (broad SMARTS) is 1. The number of aryl methyl sites for hydroxylation is 2. The molecule has 77 heavy (non-hydrogen) atoms. The minimum Gasteiger partial charge on any atom is -0.493 e. The maximum atomic E-state index is 14.9. The van der Waals surface area contributed by atoms with E-state index in [1.165, 1.54) is 18.2 Å². The molecule has 4 aromatic carbocycles. The van der Waals surface area contributed by atoms with E-state index in [1.54, 1.807) is 52.4 Å². The molecule has 2 fully saturated rings. The molecule has 8 aromatic rings. The Morgan fingerprint density at radius 2 is 1.06 bits per heavy atom. The summed E-state index contributed by atoms with van der Waals surface area (Å²) in [6.07, 6.45) is 1.60. The van der Waals surface area contributed by atoms with E-state index < -0.39 is 17.6 Å². The Morgan fingerprint density at radius 3 is 1.56 bits per heavy atom. The summed E-state index contributed by atoms with van der Waals surface area (Å²) in [5.74, 6) is 0.740. The predicted molar refractivity (Wildman–Crippen MR) is 293 cm³/mol. The van der Waals surface area contributed by atoms with E-state index >= 15 is 0 Å². The molecule has 0 aliphatic carbocycles. The molecule has 8 heterocycles. The number of para-hydroxylation sites is 2. The highest BCUT2D eigenvalue weighted by Gasteiger charge is 2.31. The zero-order chi connectivity index (χ0) is 52.3. The molecule has 2 atom stereocenters. The molecule has 1 amide bonds. The fourth-order valence-corrected chi connectivity index (χ4v) is 10.6. The van der Waals surface area contributed by atoms with Gasteiger partial charge in [0.2, 0.25) is 0 Å². The number of carbonyl (C=O) groups is 2. The molecular formula is C57H59Cl2F3N8O7. The van der Waals surface area contributed by atoms with Gasteiger partial charge in [-0.25, -0.2) is 22.6 Å². The Morgan fingerprint density at radius 1 is 0.610 bits per heavy atom. The Balaban J connectivity index is 0.000000171. The quantitative estimate of drug-likeness (QED) is 0.138. The average molecular weight is 1100 g/mol. The van der Waals surface area contributed by atoms with E-state index in [2.05, 4.69) is 15.3 Å². The first kappa shape index (κ1) is 55.9. The minimum absolute atomic E-state index is 0. The van der Waals surface area contributed by atoms with Crippen molar-refractivity contribution < 1.29 is 47.1 Å². The lowest BCUT2D eigenvalue weighted by Gasteiger charge is -2.31. The number of fused-ring (bicyclic) bond motifs is 4. The van der Waals surface area contributed by atoms with Gasteiger partial charge < -0.3 is 44.9 Å². The molecule has 4 aliphatic rings. The summed E-state index contributed by atoms with van der Waals surface area (Å²) in [6, 6.07) is 31.6. The molecule has 4 aliphatic heterocycles. The molecule has 0 bridgehead atoms. The van der Waals surface area contributed by atoms with Crippen molar-refractivity contribution >= 4 is 57.7 Å². The molecule has 4 aromatic heterocycles. The van der Waals surface area contributed by atoms with Crippen LogP contribution in [0.3, 0.4) is 0 Å². The van der Waals surface area contributed by atoms with E-state index in [1.807, 2.05) is 66.4 Å². The normalized spacial score (nSPS) is 16.7. The van der Waals surface area contributed by atoms with Crippen LogP contribution in [0.15, 0.2) is 109 Å². The van der Waals surface area contributed by atoms with Gasteiger partial charge in [-0.2, -0.15) is 10.2 Å². The van der Waals surface area contributed by atoms with Crippen molar-refractivity contribution in [2.75, 3.05) is 75.6 Å². The fourth-order valence-electron chi connectivity index (χ4n) is 10.1. The lowest BCUT2D eigenvalue weighted by Crippen LogP contribution is -2.40. The number of nitrogens with two attached hydrogens (primary N) is 1. The number of aromatic nitrogens is 4. The molecule has 0 saturated carbocycles. The van der Waals surface area contributed by atoms with Crippen molar-refractivity contribution in [3.05, 3.63) is 165 Å². The minimum atomic E-state index is -1.04. The van der Waals surface area contributed by atoms with Gasteiger partial charge in [-0.1, -0.05) is 79.2 Å². The van der Waals surface area contributed by atoms with Crippen LogP contribution in [-0.4, -0.2) is 102 Å². The number of carboxylic acids is 1. The molecule has 0 spiro atoms. The molecular weight excluding hydrogens is 1040 g/mol. The van der Waals surface area contributed by atoms with Gasteiger partial charge in [0, 0.05) is 78.4 Å². The number of morpholine rings is 2. The number of nitrogens with zero attached hydrogens (tertiary/aromatic N) is 6. The van der Waals surface area contributed by atoms with Gasteiger partial charge in [-0.3, -0.25) is 9.50 Å². The van der Waals surface area contributed by atoms with Gasteiger partial charge in [0.05, 0.1) is 83.7 Å².